The Labute approximate surface area is 195 Å². The Kier molecular flexibility index (Phi) is 6.07. The molecule has 0 unspecified atom stereocenters. The van der Waals surface area contributed by atoms with E-state index in [1.807, 2.05) is 31.2 Å². The Bertz CT molecular complexity index is 1310. The van der Waals surface area contributed by atoms with Crippen molar-refractivity contribution in [2.45, 2.75) is 19.8 Å². The van der Waals surface area contributed by atoms with E-state index >= 15 is 0 Å². The average Bonchev–Trinajstić information content (AvgIpc) is 3.30. The van der Waals surface area contributed by atoms with Crippen LogP contribution in [0.25, 0.3) is 22.4 Å². The molecule has 1 N–H and O–H groups in total. The van der Waals surface area contributed by atoms with Gasteiger partial charge in [0.05, 0.1) is 18.2 Å². The molecule has 34 heavy (non-hydrogen) atoms. The molecule has 4 aromatic rings. The maximum Gasteiger partial charge on any atom is 0.263 e. The second kappa shape index (κ2) is 9.46. The summed E-state index contributed by atoms with van der Waals surface area (Å²) in [5.74, 6) is 0.673. The van der Waals surface area contributed by atoms with E-state index < -0.39 is 0 Å². The van der Waals surface area contributed by atoms with E-state index in [1.54, 1.807) is 12.1 Å². The number of aromatic nitrogens is 3. The topological polar surface area (TPSA) is 93.4 Å². The summed E-state index contributed by atoms with van der Waals surface area (Å²) in [5, 5.41) is 7.84. The van der Waals surface area contributed by atoms with E-state index in [-0.39, 0.29) is 17.6 Å². The first-order valence-electron chi connectivity index (χ1n) is 11.3. The van der Waals surface area contributed by atoms with Gasteiger partial charge in [-0.2, -0.15) is 4.98 Å². The first-order valence-corrected chi connectivity index (χ1v) is 11.3. The number of nitrogens with one attached hydrogen (secondary N) is 1. The van der Waals surface area contributed by atoms with Crippen LogP contribution >= 0.6 is 0 Å². The number of fused-ring (bicyclic) bond motifs is 1. The normalized spacial score (nSPS) is 15.9. The molecule has 0 bridgehead atoms. The Hall–Kier alpha value is -4.01. The van der Waals surface area contributed by atoms with Crippen molar-refractivity contribution in [2.24, 2.45) is 5.92 Å². The molecule has 0 spiro atoms. The number of carbonyl (C=O) groups is 1. The molecule has 1 saturated heterocycles. The Morgan fingerprint density at radius 1 is 1.21 bits per heavy atom. The number of piperidine rings is 1. The second-order valence-electron chi connectivity index (χ2n) is 8.12. The van der Waals surface area contributed by atoms with Gasteiger partial charge in [0, 0.05) is 18.7 Å². The van der Waals surface area contributed by atoms with Crippen molar-refractivity contribution in [1.82, 2.24) is 15.1 Å². The monoisotopic (exact) mass is 461 g/mol. The predicted molar refractivity (Wildman–Crippen MR) is 126 cm³/mol. The third-order valence-corrected chi connectivity index (χ3v) is 5.91. The highest BCUT2D eigenvalue weighted by atomic mass is 19.1. The number of ether oxygens (including phenoxy) is 1. The molecule has 174 valence electrons. The summed E-state index contributed by atoms with van der Waals surface area (Å²) >= 11 is 0. The smallest absolute Gasteiger partial charge is 0.263 e. The number of halogens is 1. The maximum atomic E-state index is 13.4. The molecule has 1 aliphatic rings. The van der Waals surface area contributed by atoms with Gasteiger partial charge in [0.25, 0.3) is 5.71 Å². The summed E-state index contributed by atoms with van der Waals surface area (Å²) in [6, 6.07) is 13.5. The fourth-order valence-electron chi connectivity index (χ4n) is 4.29. The molecule has 8 nitrogen and oxygen atoms in total. The molecule has 0 aliphatic carbocycles. The van der Waals surface area contributed by atoms with Crippen molar-refractivity contribution in [3.05, 3.63) is 60.7 Å². The zero-order valence-corrected chi connectivity index (χ0v) is 18.7. The van der Waals surface area contributed by atoms with Gasteiger partial charge in [-0.25, -0.2) is 9.37 Å². The molecule has 9 heteroatoms. The van der Waals surface area contributed by atoms with Crippen molar-refractivity contribution in [2.75, 3.05) is 29.9 Å². The van der Waals surface area contributed by atoms with Crippen LogP contribution in [0.1, 0.15) is 19.8 Å². The quantitative estimate of drug-likeness (QED) is 0.446. The molecular formula is C25H24FN5O3. The van der Waals surface area contributed by atoms with E-state index in [2.05, 4.69) is 25.3 Å². The highest BCUT2D eigenvalue weighted by Crippen LogP contribution is 2.35. The van der Waals surface area contributed by atoms with Crippen molar-refractivity contribution in [3.8, 4) is 17.0 Å². The summed E-state index contributed by atoms with van der Waals surface area (Å²) in [6.45, 7) is 3.65. The predicted octanol–water partition coefficient (Wildman–Crippen LogP) is 4.68. The molecule has 1 aliphatic heterocycles. The van der Waals surface area contributed by atoms with Crippen molar-refractivity contribution < 1.29 is 18.4 Å². The van der Waals surface area contributed by atoms with Crippen LogP contribution in [-0.4, -0.2) is 40.7 Å². The van der Waals surface area contributed by atoms with Crippen LogP contribution in [0.4, 0.5) is 15.9 Å². The summed E-state index contributed by atoms with van der Waals surface area (Å²) in [6.07, 6.45) is 3.02. The van der Waals surface area contributed by atoms with Gasteiger partial charge in [-0.3, -0.25) is 4.79 Å². The molecule has 2 aromatic heterocycles. The lowest BCUT2D eigenvalue weighted by Gasteiger charge is -2.33. The summed E-state index contributed by atoms with van der Waals surface area (Å²) in [4.78, 5) is 23.9. The average molecular weight is 461 g/mol. The van der Waals surface area contributed by atoms with Gasteiger partial charge < -0.3 is 19.5 Å². The Morgan fingerprint density at radius 3 is 2.85 bits per heavy atom. The van der Waals surface area contributed by atoms with E-state index in [9.17, 15) is 9.18 Å². The molecular weight excluding hydrogens is 437 g/mol. The van der Waals surface area contributed by atoms with Gasteiger partial charge >= 0.3 is 0 Å². The van der Waals surface area contributed by atoms with Gasteiger partial charge in [0.1, 0.15) is 34.8 Å². The summed E-state index contributed by atoms with van der Waals surface area (Å²) in [7, 11) is 0. The lowest BCUT2D eigenvalue weighted by molar-refractivity contribution is -0.120. The number of hydrogen-bond donors (Lipinski definition) is 1. The van der Waals surface area contributed by atoms with Gasteiger partial charge in [-0.05, 0) is 56.2 Å². The first-order chi connectivity index (χ1) is 16.6. The third-order valence-electron chi connectivity index (χ3n) is 5.91. The van der Waals surface area contributed by atoms with E-state index in [0.29, 0.717) is 52.8 Å². The summed E-state index contributed by atoms with van der Waals surface area (Å²) < 4.78 is 24.5. The minimum absolute atomic E-state index is 0.0637. The fourth-order valence-corrected chi connectivity index (χ4v) is 4.29. The third kappa shape index (κ3) is 4.28. The molecule has 1 amide bonds. The van der Waals surface area contributed by atoms with Gasteiger partial charge in [0.15, 0.2) is 0 Å². The van der Waals surface area contributed by atoms with Gasteiger partial charge in [-0.1, -0.05) is 17.3 Å². The van der Waals surface area contributed by atoms with Gasteiger partial charge in [0.2, 0.25) is 5.91 Å². The SMILES string of the molecule is CCOc1ccccc1NC(=O)[C@@H]1CCCN(c2ncnc3onc(-c4ccc(F)cc4)c23)C1. The number of benzene rings is 2. The number of rotatable bonds is 6. The van der Waals surface area contributed by atoms with Crippen LogP contribution in [0.15, 0.2) is 59.4 Å². The fraction of sp³-hybridized carbons (Fsp3) is 0.280. The van der Waals surface area contributed by atoms with Crippen LogP contribution in [0.3, 0.4) is 0 Å². The van der Waals surface area contributed by atoms with Gasteiger partial charge in [-0.15, -0.1) is 0 Å². The minimum atomic E-state index is -0.330. The number of carbonyl (C=O) groups excluding carboxylic acids is 1. The van der Waals surface area contributed by atoms with Crippen LogP contribution < -0.4 is 15.0 Å². The molecule has 3 heterocycles. The van der Waals surface area contributed by atoms with Crippen LogP contribution in [0.5, 0.6) is 5.75 Å². The lowest BCUT2D eigenvalue weighted by Crippen LogP contribution is -2.41. The van der Waals surface area contributed by atoms with Crippen LogP contribution in [-0.2, 0) is 4.79 Å². The van der Waals surface area contributed by atoms with Crippen molar-refractivity contribution in [3.63, 3.8) is 0 Å². The molecule has 2 aromatic carbocycles. The standard InChI is InChI=1S/C25H24FN5O3/c1-2-33-20-8-4-3-7-19(20)29-24(32)17-6-5-13-31(14-17)23-21-22(16-9-11-18(26)12-10-16)30-34-25(21)28-15-27-23/h3-4,7-12,15,17H,2,5-6,13-14H2,1H3,(H,29,32)/t17-/m1/s1. The number of anilines is 2. The number of para-hydroxylation sites is 2. The maximum absolute atomic E-state index is 13.4. The van der Waals surface area contributed by atoms with E-state index in [4.69, 9.17) is 9.26 Å². The Morgan fingerprint density at radius 2 is 2.03 bits per heavy atom. The largest absolute Gasteiger partial charge is 0.492 e. The molecule has 1 atom stereocenters. The molecule has 0 radical (unpaired) electrons. The minimum Gasteiger partial charge on any atom is -0.492 e. The molecule has 0 saturated carbocycles. The zero-order valence-electron chi connectivity index (χ0n) is 18.7. The Balaban J connectivity index is 1.41. The number of nitrogens with zero attached hydrogens (tertiary/aromatic N) is 4. The van der Waals surface area contributed by atoms with E-state index in [1.165, 1.54) is 18.5 Å². The van der Waals surface area contributed by atoms with Crippen molar-refractivity contribution in [1.29, 1.82) is 0 Å². The first kappa shape index (κ1) is 21.8. The highest BCUT2D eigenvalue weighted by molar-refractivity contribution is 5.98. The van der Waals surface area contributed by atoms with Crippen LogP contribution in [0, 0.1) is 11.7 Å². The second-order valence-corrected chi connectivity index (χ2v) is 8.12. The highest BCUT2D eigenvalue weighted by Gasteiger charge is 2.29. The lowest BCUT2D eigenvalue weighted by atomic mass is 9.96. The summed E-state index contributed by atoms with van der Waals surface area (Å²) in [5.41, 5.74) is 2.26. The van der Waals surface area contributed by atoms with Crippen LogP contribution in [0.2, 0.25) is 0 Å². The van der Waals surface area contributed by atoms with E-state index in [0.717, 1.165) is 19.4 Å². The van der Waals surface area contributed by atoms with Crippen molar-refractivity contribution >= 4 is 28.5 Å². The zero-order chi connectivity index (χ0) is 23.5. The number of amides is 1. The number of hydrogen-bond acceptors (Lipinski definition) is 7. The molecule has 5 rings (SSSR count). The molecule has 1 fully saturated rings.